The molecule has 0 bridgehead atoms. The summed E-state index contributed by atoms with van der Waals surface area (Å²) in [7, 11) is 0. The largest absolute Gasteiger partial charge is 0.305 e. The number of fused-ring (bicyclic) bond motifs is 1. The van der Waals surface area contributed by atoms with Crippen LogP contribution in [0.25, 0.3) is 5.65 Å². The molecule has 2 aromatic heterocycles. The fourth-order valence-electron chi connectivity index (χ4n) is 2.54. The van der Waals surface area contributed by atoms with E-state index in [2.05, 4.69) is 23.0 Å². The van der Waals surface area contributed by atoms with E-state index in [9.17, 15) is 0 Å². The van der Waals surface area contributed by atoms with E-state index in [0.717, 1.165) is 28.8 Å². The first kappa shape index (κ1) is 12.0. The van der Waals surface area contributed by atoms with Crippen molar-refractivity contribution in [3.63, 3.8) is 0 Å². The van der Waals surface area contributed by atoms with Crippen molar-refractivity contribution in [2.24, 2.45) is 5.92 Å². The molecular weight excluding hydrogens is 246 g/mol. The minimum absolute atomic E-state index is 0.748. The molecule has 0 atom stereocenters. The summed E-state index contributed by atoms with van der Waals surface area (Å²) in [5, 5.41) is 0.748. The van der Waals surface area contributed by atoms with Crippen LogP contribution in [-0.2, 0) is 6.54 Å². The minimum Gasteiger partial charge on any atom is -0.305 e. The molecule has 1 aliphatic heterocycles. The van der Waals surface area contributed by atoms with Gasteiger partial charge in [-0.05, 0) is 44.0 Å². The van der Waals surface area contributed by atoms with Crippen LogP contribution < -0.4 is 0 Å². The topological polar surface area (TPSA) is 20.5 Å². The molecule has 0 aromatic carbocycles. The maximum absolute atomic E-state index is 5.98. The molecule has 0 N–H and O–H groups in total. The van der Waals surface area contributed by atoms with Crippen molar-refractivity contribution in [3.8, 4) is 0 Å². The molecule has 2 aromatic rings. The Hall–Kier alpha value is -1.06. The Morgan fingerprint density at radius 3 is 2.83 bits per heavy atom. The van der Waals surface area contributed by atoms with E-state index < -0.39 is 0 Å². The normalized spacial score (nSPS) is 18.6. The molecule has 0 saturated carbocycles. The number of hydrogen-bond donors (Lipinski definition) is 0. The van der Waals surface area contributed by atoms with Crippen molar-refractivity contribution in [2.75, 3.05) is 13.1 Å². The van der Waals surface area contributed by atoms with Gasteiger partial charge in [-0.3, -0.25) is 4.90 Å². The SMILES string of the molecule is CC1CCN(Cc2cn3cc(Cl)ccc3n2)CC1. The molecule has 3 heterocycles. The number of aromatic nitrogens is 2. The van der Waals surface area contributed by atoms with E-state index in [1.165, 1.54) is 25.9 Å². The lowest BCUT2D eigenvalue weighted by molar-refractivity contribution is 0.183. The molecule has 1 saturated heterocycles. The standard InChI is InChI=1S/C14H18ClN3/c1-11-4-6-17(7-5-11)9-13-10-18-8-12(15)2-3-14(18)16-13/h2-3,8,10-11H,4-7,9H2,1H3. The van der Waals surface area contributed by atoms with E-state index in [1.54, 1.807) is 0 Å². The van der Waals surface area contributed by atoms with Crippen LogP contribution in [0.1, 0.15) is 25.5 Å². The third kappa shape index (κ3) is 2.52. The minimum atomic E-state index is 0.748. The van der Waals surface area contributed by atoms with Gasteiger partial charge in [-0.25, -0.2) is 4.98 Å². The predicted molar refractivity (Wildman–Crippen MR) is 73.9 cm³/mol. The number of rotatable bonds is 2. The van der Waals surface area contributed by atoms with Crippen molar-refractivity contribution < 1.29 is 0 Å². The number of likely N-dealkylation sites (tertiary alicyclic amines) is 1. The molecular formula is C14H18ClN3. The number of piperidine rings is 1. The fourth-order valence-corrected chi connectivity index (χ4v) is 2.71. The van der Waals surface area contributed by atoms with Gasteiger partial charge in [-0.15, -0.1) is 0 Å². The Morgan fingerprint density at radius 2 is 2.06 bits per heavy atom. The second kappa shape index (κ2) is 4.90. The van der Waals surface area contributed by atoms with Gasteiger partial charge in [0.25, 0.3) is 0 Å². The smallest absolute Gasteiger partial charge is 0.137 e. The van der Waals surface area contributed by atoms with Crippen molar-refractivity contribution in [3.05, 3.63) is 35.2 Å². The molecule has 3 nitrogen and oxygen atoms in total. The summed E-state index contributed by atoms with van der Waals surface area (Å²) >= 11 is 5.98. The maximum Gasteiger partial charge on any atom is 0.137 e. The first-order valence-corrected chi connectivity index (χ1v) is 6.94. The Labute approximate surface area is 112 Å². The molecule has 0 radical (unpaired) electrons. The van der Waals surface area contributed by atoms with Gasteiger partial charge in [0, 0.05) is 18.9 Å². The number of pyridine rings is 1. The summed E-state index contributed by atoms with van der Waals surface area (Å²) in [5.74, 6) is 0.876. The molecule has 1 aliphatic rings. The van der Waals surface area contributed by atoms with Gasteiger partial charge in [-0.1, -0.05) is 18.5 Å². The fraction of sp³-hybridized carbons (Fsp3) is 0.500. The van der Waals surface area contributed by atoms with E-state index in [4.69, 9.17) is 11.6 Å². The lowest BCUT2D eigenvalue weighted by Gasteiger charge is -2.29. The van der Waals surface area contributed by atoms with Crippen LogP contribution in [0, 0.1) is 5.92 Å². The van der Waals surface area contributed by atoms with Crippen LogP contribution in [0.4, 0.5) is 0 Å². The van der Waals surface area contributed by atoms with Crippen molar-refractivity contribution in [2.45, 2.75) is 26.3 Å². The Morgan fingerprint density at radius 1 is 1.28 bits per heavy atom. The van der Waals surface area contributed by atoms with Crippen LogP contribution in [0.3, 0.4) is 0 Å². The van der Waals surface area contributed by atoms with Gasteiger partial charge in [-0.2, -0.15) is 0 Å². The van der Waals surface area contributed by atoms with E-state index >= 15 is 0 Å². The summed E-state index contributed by atoms with van der Waals surface area (Å²) in [5.41, 5.74) is 2.10. The molecule has 0 amide bonds. The van der Waals surface area contributed by atoms with E-state index in [-0.39, 0.29) is 0 Å². The summed E-state index contributed by atoms with van der Waals surface area (Å²) < 4.78 is 2.00. The summed E-state index contributed by atoms with van der Waals surface area (Å²) in [6.45, 7) is 5.67. The quantitative estimate of drug-likeness (QED) is 0.829. The third-order valence-electron chi connectivity index (χ3n) is 3.73. The average molecular weight is 264 g/mol. The molecule has 3 rings (SSSR count). The molecule has 18 heavy (non-hydrogen) atoms. The number of imidazole rings is 1. The molecule has 4 heteroatoms. The molecule has 0 aliphatic carbocycles. The van der Waals surface area contributed by atoms with Gasteiger partial charge in [0.15, 0.2) is 0 Å². The molecule has 96 valence electrons. The zero-order valence-electron chi connectivity index (χ0n) is 10.6. The Bertz CT molecular complexity index is 541. The van der Waals surface area contributed by atoms with Crippen LogP contribution in [-0.4, -0.2) is 27.4 Å². The van der Waals surface area contributed by atoms with Crippen LogP contribution in [0.2, 0.25) is 5.02 Å². The number of hydrogen-bond acceptors (Lipinski definition) is 2. The Balaban J connectivity index is 1.74. The zero-order chi connectivity index (χ0) is 12.5. The lowest BCUT2D eigenvalue weighted by Crippen LogP contribution is -2.32. The van der Waals surface area contributed by atoms with E-state index in [1.807, 2.05) is 22.7 Å². The van der Waals surface area contributed by atoms with Crippen LogP contribution >= 0.6 is 11.6 Å². The summed E-state index contributed by atoms with van der Waals surface area (Å²) in [6, 6.07) is 3.85. The second-order valence-electron chi connectivity index (χ2n) is 5.30. The number of nitrogens with zero attached hydrogens (tertiary/aromatic N) is 3. The lowest BCUT2D eigenvalue weighted by atomic mass is 9.99. The molecule has 0 unspecified atom stereocenters. The van der Waals surface area contributed by atoms with Crippen molar-refractivity contribution in [1.82, 2.24) is 14.3 Å². The first-order valence-electron chi connectivity index (χ1n) is 6.56. The van der Waals surface area contributed by atoms with E-state index in [0.29, 0.717) is 0 Å². The summed E-state index contributed by atoms with van der Waals surface area (Å²) in [6.07, 6.45) is 6.60. The highest BCUT2D eigenvalue weighted by molar-refractivity contribution is 6.30. The van der Waals surface area contributed by atoms with Crippen LogP contribution in [0.5, 0.6) is 0 Å². The van der Waals surface area contributed by atoms with Crippen molar-refractivity contribution in [1.29, 1.82) is 0 Å². The van der Waals surface area contributed by atoms with Gasteiger partial charge < -0.3 is 4.40 Å². The monoisotopic (exact) mass is 263 g/mol. The molecule has 1 fully saturated rings. The first-order chi connectivity index (χ1) is 8.70. The average Bonchev–Trinajstić information content (AvgIpc) is 2.73. The highest BCUT2D eigenvalue weighted by Crippen LogP contribution is 2.18. The zero-order valence-corrected chi connectivity index (χ0v) is 11.4. The number of halogens is 1. The maximum atomic E-state index is 5.98. The molecule has 0 spiro atoms. The highest BCUT2D eigenvalue weighted by atomic mass is 35.5. The second-order valence-corrected chi connectivity index (χ2v) is 5.74. The highest BCUT2D eigenvalue weighted by Gasteiger charge is 2.16. The van der Waals surface area contributed by atoms with Gasteiger partial charge in [0.2, 0.25) is 0 Å². The predicted octanol–water partition coefficient (Wildman–Crippen LogP) is 3.22. The van der Waals surface area contributed by atoms with Crippen LogP contribution in [0.15, 0.2) is 24.5 Å². The van der Waals surface area contributed by atoms with Gasteiger partial charge >= 0.3 is 0 Å². The van der Waals surface area contributed by atoms with Crippen molar-refractivity contribution >= 4 is 17.2 Å². The van der Waals surface area contributed by atoms with Gasteiger partial charge in [0.1, 0.15) is 5.65 Å². The third-order valence-corrected chi connectivity index (χ3v) is 3.95. The Kier molecular flexibility index (Phi) is 3.27. The van der Waals surface area contributed by atoms with Gasteiger partial charge in [0.05, 0.1) is 10.7 Å². The summed E-state index contributed by atoms with van der Waals surface area (Å²) in [4.78, 5) is 7.12.